The first kappa shape index (κ1) is 10.4. The molecule has 0 aromatic heterocycles. The van der Waals surface area contributed by atoms with Gasteiger partial charge in [-0.2, -0.15) is 0 Å². The molecular weight excluding hydrogens is 258 g/mol. The van der Waals surface area contributed by atoms with E-state index in [0.29, 0.717) is 24.9 Å². The maximum atomic E-state index is 11.6. The summed E-state index contributed by atoms with van der Waals surface area (Å²) in [6, 6.07) is 7.19. The van der Waals surface area contributed by atoms with E-state index in [0.717, 1.165) is 4.47 Å². The number of nitrogens with zero attached hydrogens (tertiary/aromatic N) is 1. The molecule has 2 rings (SSSR count). The fraction of sp³-hybridized carbons (Fsp3) is 0.273. The average Bonchev–Trinajstić information content (AvgIpc) is 2.20. The topological polar surface area (TPSA) is 37.4 Å². The van der Waals surface area contributed by atoms with Crippen molar-refractivity contribution in [3.63, 3.8) is 0 Å². The van der Waals surface area contributed by atoms with Crippen LogP contribution in [0.2, 0.25) is 0 Å². The normalized spacial score (nSPS) is 17.0. The van der Waals surface area contributed by atoms with Crippen molar-refractivity contribution in [2.75, 3.05) is 4.90 Å². The minimum atomic E-state index is -0.103. The predicted molar refractivity (Wildman–Crippen MR) is 60.5 cm³/mol. The van der Waals surface area contributed by atoms with E-state index in [1.165, 1.54) is 4.90 Å². The van der Waals surface area contributed by atoms with Gasteiger partial charge in [-0.1, -0.05) is 15.9 Å². The highest BCUT2D eigenvalue weighted by molar-refractivity contribution is 9.10. The molecule has 0 atom stereocenters. The lowest BCUT2D eigenvalue weighted by Crippen LogP contribution is -2.40. The molecular formula is C11H10BrNO2. The van der Waals surface area contributed by atoms with Crippen LogP contribution in [0.5, 0.6) is 0 Å². The predicted octanol–water partition coefficient (Wildman–Crippen LogP) is 2.49. The largest absolute Gasteiger partial charge is 0.274 e. The van der Waals surface area contributed by atoms with Crippen LogP contribution in [0, 0.1) is 0 Å². The molecule has 3 nitrogen and oxygen atoms in total. The molecule has 15 heavy (non-hydrogen) atoms. The third-order valence-electron chi connectivity index (χ3n) is 2.36. The average molecular weight is 268 g/mol. The van der Waals surface area contributed by atoms with Crippen LogP contribution in [-0.4, -0.2) is 11.8 Å². The summed E-state index contributed by atoms with van der Waals surface area (Å²) in [5.74, 6) is -0.206. The number of benzene rings is 1. The number of carbonyl (C=O) groups is 2. The highest BCUT2D eigenvalue weighted by Crippen LogP contribution is 2.23. The minimum absolute atomic E-state index is 0.103. The van der Waals surface area contributed by atoms with Crippen LogP contribution >= 0.6 is 15.9 Å². The van der Waals surface area contributed by atoms with Crippen LogP contribution in [-0.2, 0) is 9.59 Å². The van der Waals surface area contributed by atoms with Gasteiger partial charge in [0.05, 0.1) is 5.69 Å². The Morgan fingerprint density at radius 3 is 2.07 bits per heavy atom. The summed E-state index contributed by atoms with van der Waals surface area (Å²) in [6.45, 7) is 0. The van der Waals surface area contributed by atoms with Gasteiger partial charge < -0.3 is 0 Å². The summed E-state index contributed by atoms with van der Waals surface area (Å²) in [7, 11) is 0. The highest BCUT2D eigenvalue weighted by Gasteiger charge is 2.26. The van der Waals surface area contributed by atoms with Crippen molar-refractivity contribution in [1.82, 2.24) is 0 Å². The summed E-state index contributed by atoms with van der Waals surface area (Å²) < 4.78 is 0.933. The Morgan fingerprint density at radius 1 is 1.00 bits per heavy atom. The maximum absolute atomic E-state index is 11.6. The molecule has 0 radical (unpaired) electrons. The quantitative estimate of drug-likeness (QED) is 0.734. The van der Waals surface area contributed by atoms with Gasteiger partial charge in [-0.3, -0.25) is 14.5 Å². The molecule has 0 spiro atoms. The van der Waals surface area contributed by atoms with Crippen LogP contribution in [0.15, 0.2) is 28.7 Å². The molecule has 1 aliphatic heterocycles. The van der Waals surface area contributed by atoms with Gasteiger partial charge in [0.2, 0.25) is 11.8 Å². The Bertz CT molecular complexity index is 384. The number of piperidine rings is 1. The molecule has 1 aromatic rings. The molecule has 0 saturated carbocycles. The van der Waals surface area contributed by atoms with E-state index in [4.69, 9.17) is 0 Å². The summed E-state index contributed by atoms with van der Waals surface area (Å²) >= 11 is 3.31. The molecule has 2 amide bonds. The number of rotatable bonds is 1. The maximum Gasteiger partial charge on any atom is 0.233 e. The van der Waals surface area contributed by atoms with Crippen molar-refractivity contribution in [2.24, 2.45) is 0 Å². The second-order valence-corrected chi connectivity index (χ2v) is 4.37. The number of hydrogen-bond acceptors (Lipinski definition) is 2. The fourth-order valence-corrected chi connectivity index (χ4v) is 1.90. The molecule has 0 aliphatic carbocycles. The number of hydrogen-bond donors (Lipinski definition) is 0. The van der Waals surface area contributed by atoms with E-state index in [2.05, 4.69) is 15.9 Å². The van der Waals surface area contributed by atoms with Gasteiger partial charge in [0.1, 0.15) is 0 Å². The van der Waals surface area contributed by atoms with Gasteiger partial charge in [0.25, 0.3) is 0 Å². The number of anilines is 1. The second kappa shape index (κ2) is 4.14. The van der Waals surface area contributed by atoms with Crippen LogP contribution in [0.1, 0.15) is 19.3 Å². The van der Waals surface area contributed by atoms with E-state index >= 15 is 0 Å². The van der Waals surface area contributed by atoms with Gasteiger partial charge in [0.15, 0.2) is 0 Å². The summed E-state index contributed by atoms with van der Waals surface area (Å²) in [5, 5.41) is 0. The third kappa shape index (κ3) is 2.09. The third-order valence-corrected chi connectivity index (χ3v) is 2.89. The zero-order chi connectivity index (χ0) is 10.8. The van der Waals surface area contributed by atoms with E-state index in [1.54, 1.807) is 12.1 Å². The van der Waals surface area contributed by atoms with Crippen LogP contribution in [0.4, 0.5) is 5.69 Å². The van der Waals surface area contributed by atoms with Crippen molar-refractivity contribution in [1.29, 1.82) is 0 Å². The minimum Gasteiger partial charge on any atom is -0.274 e. The van der Waals surface area contributed by atoms with E-state index < -0.39 is 0 Å². The Kier molecular flexibility index (Phi) is 2.86. The van der Waals surface area contributed by atoms with Crippen molar-refractivity contribution < 1.29 is 9.59 Å². The number of imide groups is 1. The molecule has 0 bridgehead atoms. The number of carbonyl (C=O) groups excluding carboxylic acids is 2. The Labute approximate surface area is 96.2 Å². The van der Waals surface area contributed by atoms with Crippen LogP contribution < -0.4 is 4.90 Å². The second-order valence-electron chi connectivity index (χ2n) is 3.45. The van der Waals surface area contributed by atoms with Gasteiger partial charge in [-0.15, -0.1) is 0 Å². The molecule has 1 saturated heterocycles. The molecule has 1 aliphatic rings. The van der Waals surface area contributed by atoms with Crippen molar-refractivity contribution in [3.05, 3.63) is 28.7 Å². The molecule has 1 heterocycles. The lowest BCUT2D eigenvalue weighted by molar-refractivity contribution is -0.129. The number of halogens is 1. The van der Waals surface area contributed by atoms with E-state index in [-0.39, 0.29) is 11.8 Å². The summed E-state index contributed by atoms with van der Waals surface area (Å²) in [5.41, 5.74) is 0.660. The standard InChI is InChI=1S/C11H10BrNO2/c12-8-4-6-9(7-5-8)13-10(14)2-1-3-11(13)15/h4-7H,1-3H2. The van der Waals surface area contributed by atoms with Crippen LogP contribution in [0.3, 0.4) is 0 Å². The van der Waals surface area contributed by atoms with E-state index in [1.807, 2.05) is 12.1 Å². The molecule has 4 heteroatoms. The molecule has 1 aromatic carbocycles. The zero-order valence-corrected chi connectivity index (χ0v) is 9.66. The molecule has 0 N–H and O–H groups in total. The lowest BCUT2D eigenvalue weighted by atomic mass is 10.1. The van der Waals surface area contributed by atoms with Crippen molar-refractivity contribution in [2.45, 2.75) is 19.3 Å². The SMILES string of the molecule is O=C1CCCC(=O)N1c1ccc(Br)cc1. The van der Waals surface area contributed by atoms with Gasteiger partial charge in [-0.25, -0.2) is 0 Å². The molecule has 1 fully saturated rings. The Hall–Kier alpha value is -1.16. The first-order valence-corrected chi connectivity index (χ1v) is 5.59. The van der Waals surface area contributed by atoms with Crippen LogP contribution in [0.25, 0.3) is 0 Å². The molecule has 0 unspecified atom stereocenters. The monoisotopic (exact) mass is 267 g/mol. The highest BCUT2D eigenvalue weighted by atomic mass is 79.9. The number of amides is 2. The summed E-state index contributed by atoms with van der Waals surface area (Å²) in [4.78, 5) is 24.4. The Balaban J connectivity index is 2.31. The smallest absolute Gasteiger partial charge is 0.233 e. The fourth-order valence-electron chi connectivity index (χ4n) is 1.63. The van der Waals surface area contributed by atoms with Gasteiger partial charge >= 0.3 is 0 Å². The summed E-state index contributed by atoms with van der Waals surface area (Å²) in [6.07, 6.45) is 1.59. The van der Waals surface area contributed by atoms with Gasteiger partial charge in [-0.05, 0) is 30.7 Å². The Morgan fingerprint density at radius 2 is 1.53 bits per heavy atom. The molecule has 78 valence electrons. The van der Waals surface area contributed by atoms with Crippen molar-refractivity contribution in [3.8, 4) is 0 Å². The zero-order valence-electron chi connectivity index (χ0n) is 8.07. The van der Waals surface area contributed by atoms with E-state index in [9.17, 15) is 9.59 Å². The van der Waals surface area contributed by atoms with Crippen molar-refractivity contribution >= 4 is 33.4 Å². The first-order chi connectivity index (χ1) is 7.18. The lowest BCUT2D eigenvalue weighted by Gasteiger charge is -2.24. The first-order valence-electron chi connectivity index (χ1n) is 4.80. The van der Waals surface area contributed by atoms with Gasteiger partial charge in [0, 0.05) is 17.3 Å².